The fraction of sp³-hybridized carbons (Fsp3) is 1.00. The van der Waals surface area contributed by atoms with E-state index in [1.807, 2.05) is 13.8 Å². The van der Waals surface area contributed by atoms with Crippen LogP contribution < -0.4 is 0 Å². The molecule has 0 bridgehead atoms. The number of hydrogen-bond donors (Lipinski definition) is 0. The Hall–Kier alpha value is 0.890. The smallest absolute Gasteiger partial charge is 0.103 e. The summed E-state index contributed by atoms with van der Waals surface area (Å²) in [5.41, 5.74) is 0. The standard InChI is InChI=1S/C10H17F.C8H14Br2.C2H6/c1-7-2-5-9(8-3-4-8)10(11)6-7;1-5-3-4-7(9)6(2)8(5)10;1-2/h7-10H,2-6H2,1H3;5-8H,3-4H2,1-2H3;1-2H3. The average molecular weight is 456 g/mol. The van der Waals surface area contributed by atoms with Crippen molar-refractivity contribution < 1.29 is 4.39 Å². The minimum Gasteiger partial charge on any atom is -0.247 e. The van der Waals surface area contributed by atoms with Crippen LogP contribution in [0.5, 0.6) is 0 Å². The molecule has 0 aromatic heterocycles. The van der Waals surface area contributed by atoms with Crippen LogP contribution in [-0.4, -0.2) is 15.8 Å². The SMILES string of the molecule is CC.CC1CCC(Br)C(C)C1Br.CC1CCC(C2CC2)C(F)C1. The van der Waals surface area contributed by atoms with E-state index < -0.39 is 6.17 Å². The maximum absolute atomic E-state index is 13.4. The van der Waals surface area contributed by atoms with Gasteiger partial charge in [0.2, 0.25) is 0 Å². The first-order chi connectivity index (χ1) is 10.9. The van der Waals surface area contributed by atoms with Crippen molar-refractivity contribution in [3.63, 3.8) is 0 Å². The summed E-state index contributed by atoms with van der Waals surface area (Å²) in [6.45, 7) is 10.8. The summed E-state index contributed by atoms with van der Waals surface area (Å²) in [4.78, 5) is 1.44. The van der Waals surface area contributed by atoms with Gasteiger partial charge >= 0.3 is 0 Å². The first kappa shape index (κ1) is 21.9. The van der Waals surface area contributed by atoms with Crippen molar-refractivity contribution >= 4 is 31.9 Å². The van der Waals surface area contributed by atoms with Crippen LogP contribution in [-0.2, 0) is 0 Å². The van der Waals surface area contributed by atoms with Gasteiger partial charge in [-0.25, -0.2) is 4.39 Å². The molecule has 0 nitrogen and oxygen atoms in total. The van der Waals surface area contributed by atoms with Gasteiger partial charge in [0, 0.05) is 9.65 Å². The Kier molecular flexibility index (Phi) is 10.3. The van der Waals surface area contributed by atoms with Crippen LogP contribution in [0.25, 0.3) is 0 Å². The summed E-state index contributed by atoms with van der Waals surface area (Å²) >= 11 is 7.42. The van der Waals surface area contributed by atoms with E-state index in [2.05, 4.69) is 52.6 Å². The predicted octanol–water partition coefficient (Wildman–Crippen LogP) is 7.78. The summed E-state index contributed by atoms with van der Waals surface area (Å²) < 4.78 is 13.4. The van der Waals surface area contributed by atoms with Crippen molar-refractivity contribution in [3.05, 3.63) is 0 Å². The lowest BCUT2D eigenvalue weighted by atomic mass is 9.79. The second kappa shape index (κ2) is 10.8. The first-order valence-corrected chi connectivity index (χ1v) is 11.7. The molecule has 3 rings (SSSR count). The molecular formula is C20H37Br2F. The van der Waals surface area contributed by atoms with E-state index in [1.54, 1.807) is 0 Å². The van der Waals surface area contributed by atoms with Gasteiger partial charge in [0.15, 0.2) is 0 Å². The Morgan fingerprint density at radius 1 is 0.826 bits per heavy atom. The van der Waals surface area contributed by atoms with Crippen LogP contribution in [0.4, 0.5) is 4.39 Å². The zero-order chi connectivity index (χ0) is 17.6. The van der Waals surface area contributed by atoms with Gasteiger partial charge in [-0.15, -0.1) is 0 Å². The maximum atomic E-state index is 13.4. The van der Waals surface area contributed by atoms with E-state index in [-0.39, 0.29) is 0 Å². The lowest BCUT2D eigenvalue weighted by Gasteiger charge is -2.34. The first-order valence-electron chi connectivity index (χ1n) is 9.82. The molecule has 0 aromatic rings. The number of rotatable bonds is 1. The zero-order valence-corrected chi connectivity index (χ0v) is 18.9. The third-order valence-corrected chi connectivity index (χ3v) is 8.85. The molecule has 0 saturated heterocycles. The van der Waals surface area contributed by atoms with Gasteiger partial charge in [0.05, 0.1) is 0 Å². The van der Waals surface area contributed by atoms with E-state index in [1.165, 1.54) is 32.1 Å². The Balaban J connectivity index is 0.000000209. The highest BCUT2D eigenvalue weighted by Crippen LogP contribution is 2.46. The van der Waals surface area contributed by atoms with Crippen LogP contribution in [0.1, 0.15) is 79.6 Å². The van der Waals surface area contributed by atoms with Crippen LogP contribution in [0.15, 0.2) is 0 Å². The number of halogens is 3. The van der Waals surface area contributed by atoms with Gasteiger partial charge in [0.25, 0.3) is 0 Å². The molecular weight excluding hydrogens is 419 g/mol. The molecule has 3 aliphatic carbocycles. The van der Waals surface area contributed by atoms with Crippen molar-refractivity contribution in [2.45, 2.75) is 95.4 Å². The van der Waals surface area contributed by atoms with Gasteiger partial charge in [0.1, 0.15) is 6.17 Å². The van der Waals surface area contributed by atoms with Crippen LogP contribution in [0, 0.1) is 29.6 Å². The van der Waals surface area contributed by atoms with Crippen LogP contribution >= 0.6 is 31.9 Å². The molecule has 3 aliphatic rings. The molecule has 7 unspecified atom stereocenters. The highest BCUT2D eigenvalue weighted by molar-refractivity contribution is 9.10. The normalized spacial score (nSPS) is 43.6. The van der Waals surface area contributed by atoms with Crippen molar-refractivity contribution in [2.24, 2.45) is 29.6 Å². The summed E-state index contributed by atoms with van der Waals surface area (Å²) in [5.74, 6) is 3.50. The molecule has 0 aliphatic heterocycles. The predicted molar refractivity (Wildman–Crippen MR) is 108 cm³/mol. The van der Waals surface area contributed by atoms with Gasteiger partial charge < -0.3 is 0 Å². The summed E-state index contributed by atoms with van der Waals surface area (Å²) in [5, 5.41) is 0. The Labute approximate surface area is 161 Å². The zero-order valence-electron chi connectivity index (χ0n) is 15.7. The second-order valence-corrected chi connectivity index (χ2v) is 10.0. The summed E-state index contributed by atoms with van der Waals surface area (Å²) in [7, 11) is 0. The highest BCUT2D eigenvalue weighted by atomic mass is 79.9. The molecule has 3 fully saturated rings. The van der Waals surface area contributed by atoms with E-state index in [0.717, 1.165) is 35.4 Å². The Bertz CT molecular complexity index is 305. The second-order valence-electron chi connectivity index (χ2n) is 7.81. The van der Waals surface area contributed by atoms with Gasteiger partial charge in [-0.05, 0) is 68.1 Å². The third-order valence-electron chi connectivity index (χ3n) is 5.83. The molecule has 0 spiro atoms. The molecule has 3 saturated carbocycles. The van der Waals surface area contributed by atoms with Crippen molar-refractivity contribution in [1.82, 2.24) is 0 Å². The van der Waals surface area contributed by atoms with E-state index in [9.17, 15) is 4.39 Å². The Morgan fingerprint density at radius 2 is 1.43 bits per heavy atom. The molecule has 3 heteroatoms. The fourth-order valence-corrected chi connectivity index (χ4v) is 5.59. The van der Waals surface area contributed by atoms with E-state index in [4.69, 9.17) is 0 Å². The van der Waals surface area contributed by atoms with E-state index in [0.29, 0.717) is 16.7 Å². The minimum atomic E-state index is -0.466. The molecule has 0 N–H and O–H groups in total. The highest BCUT2D eigenvalue weighted by Gasteiger charge is 2.39. The monoisotopic (exact) mass is 454 g/mol. The molecule has 23 heavy (non-hydrogen) atoms. The maximum Gasteiger partial charge on any atom is 0.103 e. The van der Waals surface area contributed by atoms with Gasteiger partial charge in [-0.1, -0.05) is 72.9 Å². The minimum absolute atomic E-state index is 0.450. The number of alkyl halides is 3. The van der Waals surface area contributed by atoms with Crippen LogP contribution in [0.2, 0.25) is 0 Å². The van der Waals surface area contributed by atoms with Crippen molar-refractivity contribution in [1.29, 1.82) is 0 Å². The van der Waals surface area contributed by atoms with Gasteiger partial charge in [-0.3, -0.25) is 0 Å². The molecule has 0 heterocycles. The quantitative estimate of drug-likeness (QED) is 0.354. The lowest BCUT2D eigenvalue weighted by molar-refractivity contribution is 0.117. The summed E-state index contributed by atoms with van der Waals surface area (Å²) in [6.07, 6.45) is 8.10. The van der Waals surface area contributed by atoms with Crippen LogP contribution in [0.3, 0.4) is 0 Å². The van der Waals surface area contributed by atoms with Crippen molar-refractivity contribution in [2.75, 3.05) is 0 Å². The third kappa shape index (κ3) is 6.96. The molecule has 0 radical (unpaired) electrons. The Morgan fingerprint density at radius 3 is 1.91 bits per heavy atom. The average Bonchev–Trinajstić information content (AvgIpc) is 3.36. The molecule has 7 atom stereocenters. The molecule has 138 valence electrons. The van der Waals surface area contributed by atoms with Crippen molar-refractivity contribution in [3.8, 4) is 0 Å². The number of hydrogen-bond acceptors (Lipinski definition) is 0. The van der Waals surface area contributed by atoms with Gasteiger partial charge in [-0.2, -0.15) is 0 Å². The molecule has 0 amide bonds. The lowest BCUT2D eigenvalue weighted by Crippen LogP contribution is -2.32. The summed E-state index contributed by atoms with van der Waals surface area (Å²) in [6, 6.07) is 0. The largest absolute Gasteiger partial charge is 0.247 e. The fourth-order valence-electron chi connectivity index (χ4n) is 3.95. The van der Waals surface area contributed by atoms with E-state index >= 15 is 0 Å². The molecule has 0 aromatic carbocycles. The topological polar surface area (TPSA) is 0 Å².